The number of pyridine rings is 1. The third-order valence-corrected chi connectivity index (χ3v) is 5.67. The lowest BCUT2D eigenvalue weighted by atomic mass is 9.79. The number of nitro groups is 1. The van der Waals surface area contributed by atoms with Gasteiger partial charge in [0.25, 0.3) is 0 Å². The second-order valence-electron chi connectivity index (χ2n) is 5.74. The van der Waals surface area contributed by atoms with Gasteiger partial charge in [0.15, 0.2) is 0 Å². The van der Waals surface area contributed by atoms with Gasteiger partial charge in [0, 0.05) is 18.0 Å². The van der Waals surface area contributed by atoms with E-state index in [4.69, 9.17) is 0 Å². The molecule has 8 nitrogen and oxygen atoms in total. The number of anilines is 1. The molecule has 0 aromatic carbocycles. The molecule has 0 saturated heterocycles. The summed E-state index contributed by atoms with van der Waals surface area (Å²) in [7, 11) is 0. The first kappa shape index (κ1) is 16.7. The Morgan fingerprint density at radius 3 is 3.00 bits per heavy atom. The smallest absolute Gasteiger partial charge is 0.376 e. The quantitative estimate of drug-likeness (QED) is 0.602. The first-order valence-corrected chi connectivity index (χ1v) is 8.75. The highest BCUT2D eigenvalue weighted by Gasteiger charge is 2.45. The number of aliphatic hydroxyl groups is 1. The van der Waals surface area contributed by atoms with Crippen molar-refractivity contribution in [3.05, 3.63) is 44.9 Å². The fourth-order valence-electron chi connectivity index (χ4n) is 2.84. The Morgan fingerprint density at radius 2 is 2.38 bits per heavy atom. The van der Waals surface area contributed by atoms with Crippen LogP contribution in [0.2, 0.25) is 0 Å². The van der Waals surface area contributed by atoms with Crippen molar-refractivity contribution in [1.82, 2.24) is 9.38 Å². The Balaban J connectivity index is 1.93. The van der Waals surface area contributed by atoms with Crippen molar-refractivity contribution in [2.45, 2.75) is 30.6 Å². The number of aromatic nitrogens is 2. The predicted octanol–water partition coefficient (Wildman–Crippen LogP) is 1.66. The molecule has 1 saturated carbocycles. The van der Waals surface area contributed by atoms with Gasteiger partial charge < -0.3 is 10.4 Å². The standard InChI is InChI=1S/C15H18N4O4S/c1-2-24-10-6-7-15(10,21)9-16-13-12(19(22)23)14(20)18-8-4-3-5-11(18)17-13/h3-5,8,10,16,21H,2,6-7,9H2,1H3. The average Bonchev–Trinajstić information content (AvgIpc) is 2.56. The van der Waals surface area contributed by atoms with Crippen LogP contribution in [-0.4, -0.2) is 42.6 Å². The Hall–Kier alpha value is -2.13. The molecule has 1 fully saturated rings. The van der Waals surface area contributed by atoms with Crippen molar-refractivity contribution in [1.29, 1.82) is 0 Å². The summed E-state index contributed by atoms with van der Waals surface area (Å²) in [5, 5.41) is 24.8. The Morgan fingerprint density at radius 1 is 1.58 bits per heavy atom. The molecule has 1 aliphatic carbocycles. The largest absolute Gasteiger partial charge is 0.387 e. The number of fused-ring (bicyclic) bond motifs is 1. The van der Waals surface area contributed by atoms with E-state index in [0.29, 0.717) is 12.1 Å². The van der Waals surface area contributed by atoms with Gasteiger partial charge in [-0.15, -0.1) is 0 Å². The van der Waals surface area contributed by atoms with Crippen LogP contribution in [0, 0.1) is 10.1 Å². The van der Waals surface area contributed by atoms with Crippen molar-refractivity contribution >= 4 is 28.9 Å². The number of hydrogen-bond acceptors (Lipinski definition) is 7. The minimum Gasteiger partial charge on any atom is -0.387 e. The molecule has 2 unspecified atom stereocenters. The zero-order valence-electron chi connectivity index (χ0n) is 13.1. The topological polar surface area (TPSA) is 110 Å². The molecule has 2 aromatic heterocycles. The van der Waals surface area contributed by atoms with Crippen LogP contribution < -0.4 is 10.9 Å². The lowest BCUT2D eigenvalue weighted by Gasteiger charge is -2.45. The van der Waals surface area contributed by atoms with E-state index in [2.05, 4.69) is 10.3 Å². The molecule has 0 aliphatic heterocycles. The monoisotopic (exact) mass is 350 g/mol. The van der Waals surface area contributed by atoms with Crippen LogP contribution in [0.5, 0.6) is 0 Å². The van der Waals surface area contributed by atoms with Gasteiger partial charge in [-0.3, -0.25) is 19.3 Å². The van der Waals surface area contributed by atoms with E-state index in [-0.39, 0.29) is 17.6 Å². The van der Waals surface area contributed by atoms with Gasteiger partial charge in [0.1, 0.15) is 5.65 Å². The van der Waals surface area contributed by atoms with Crippen molar-refractivity contribution in [2.75, 3.05) is 17.6 Å². The van der Waals surface area contributed by atoms with Gasteiger partial charge >= 0.3 is 11.2 Å². The first-order valence-electron chi connectivity index (χ1n) is 7.70. The lowest BCUT2D eigenvalue weighted by molar-refractivity contribution is -0.385. The van der Waals surface area contributed by atoms with E-state index < -0.39 is 21.8 Å². The summed E-state index contributed by atoms with van der Waals surface area (Å²) in [6, 6.07) is 4.91. The van der Waals surface area contributed by atoms with Gasteiger partial charge in [-0.05, 0) is 30.7 Å². The van der Waals surface area contributed by atoms with Crippen LogP contribution in [0.4, 0.5) is 11.5 Å². The summed E-state index contributed by atoms with van der Waals surface area (Å²) in [6.07, 6.45) is 2.97. The van der Waals surface area contributed by atoms with Gasteiger partial charge in [0.2, 0.25) is 5.82 Å². The molecule has 0 bridgehead atoms. The van der Waals surface area contributed by atoms with Gasteiger partial charge in [0.05, 0.1) is 10.5 Å². The minimum absolute atomic E-state index is 0.0932. The molecule has 24 heavy (non-hydrogen) atoms. The summed E-state index contributed by atoms with van der Waals surface area (Å²) in [4.78, 5) is 27.1. The molecule has 9 heteroatoms. The molecule has 0 radical (unpaired) electrons. The molecule has 2 heterocycles. The highest BCUT2D eigenvalue weighted by molar-refractivity contribution is 8.00. The van der Waals surface area contributed by atoms with Crippen molar-refractivity contribution in [3.63, 3.8) is 0 Å². The SMILES string of the molecule is CCSC1CCC1(O)CNc1nc2ccccn2c(=O)c1[N+](=O)[O-]. The summed E-state index contributed by atoms with van der Waals surface area (Å²) < 4.78 is 1.14. The molecule has 2 N–H and O–H groups in total. The van der Waals surface area contributed by atoms with Crippen LogP contribution in [-0.2, 0) is 0 Å². The lowest BCUT2D eigenvalue weighted by Crippen LogP contribution is -2.54. The number of rotatable bonds is 6. The normalized spacial score (nSPS) is 23.0. The number of nitrogens with zero attached hydrogens (tertiary/aromatic N) is 3. The second-order valence-corrected chi connectivity index (χ2v) is 7.22. The summed E-state index contributed by atoms with van der Waals surface area (Å²) in [5.74, 6) is 0.791. The van der Waals surface area contributed by atoms with E-state index in [9.17, 15) is 20.0 Å². The number of nitrogens with one attached hydrogen (secondary N) is 1. The molecule has 1 aliphatic rings. The molecule has 2 aromatic rings. The van der Waals surface area contributed by atoms with Gasteiger partial charge in [-0.2, -0.15) is 11.8 Å². The van der Waals surface area contributed by atoms with Crippen LogP contribution >= 0.6 is 11.8 Å². The molecule has 3 rings (SSSR count). The van der Waals surface area contributed by atoms with Crippen LogP contribution in [0.3, 0.4) is 0 Å². The highest BCUT2D eigenvalue weighted by Crippen LogP contribution is 2.41. The zero-order chi connectivity index (χ0) is 17.3. The number of hydrogen-bond donors (Lipinski definition) is 2. The maximum atomic E-state index is 12.3. The molecule has 2 atom stereocenters. The Labute approximate surface area is 142 Å². The molecule has 0 amide bonds. The van der Waals surface area contributed by atoms with E-state index in [1.54, 1.807) is 30.0 Å². The van der Waals surface area contributed by atoms with Crippen molar-refractivity contribution in [2.24, 2.45) is 0 Å². The van der Waals surface area contributed by atoms with Crippen LogP contribution in [0.25, 0.3) is 5.65 Å². The van der Waals surface area contributed by atoms with E-state index in [1.165, 1.54) is 6.20 Å². The third-order valence-electron chi connectivity index (χ3n) is 4.26. The molecular formula is C15H18N4O4S. The Kier molecular flexibility index (Phi) is 4.46. The van der Waals surface area contributed by atoms with E-state index in [1.807, 2.05) is 6.92 Å². The Bertz CT molecular complexity index is 840. The maximum Gasteiger partial charge on any atom is 0.376 e. The molecular weight excluding hydrogens is 332 g/mol. The van der Waals surface area contributed by atoms with Gasteiger partial charge in [-0.25, -0.2) is 4.98 Å². The number of thioether (sulfide) groups is 1. The second kappa shape index (κ2) is 6.40. The van der Waals surface area contributed by atoms with Crippen LogP contribution in [0.15, 0.2) is 29.2 Å². The van der Waals surface area contributed by atoms with E-state index >= 15 is 0 Å². The fourth-order valence-corrected chi connectivity index (χ4v) is 4.04. The molecule has 0 spiro atoms. The third kappa shape index (κ3) is 2.84. The van der Waals surface area contributed by atoms with Gasteiger partial charge in [-0.1, -0.05) is 13.0 Å². The van der Waals surface area contributed by atoms with E-state index in [0.717, 1.165) is 16.6 Å². The van der Waals surface area contributed by atoms with Crippen molar-refractivity contribution < 1.29 is 10.0 Å². The maximum absolute atomic E-state index is 12.3. The van der Waals surface area contributed by atoms with Crippen molar-refractivity contribution in [3.8, 4) is 0 Å². The molecule has 128 valence electrons. The average molecular weight is 350 g/mol. The summed E-state index contributed by atoms with van der Waals surface area (Å²) >= 11 is 1.67. The fraction of sp³-hybridized carbons (Fsp3) is 0.467. The van der Waals surface area contributed by atoms with Crippen LogP contribution in [0.1, 0.15) is 19.8 Å². The summed E-state index contributed by atoms with van der Waals surface area (Å²) in [5.41, 5.74) is -1.97. The predicted molar refractivity (Wildman–Crippen MR) is 92.7 cm³/mol. The minimum atomic E-state index is -0.932. The highest BCUT2D eigenvalue weighted by atomic mass is 32.2. The first-order chi connectivity index (χ1) is 11.5. The summed E-state index contributed by atoms with van der Waals surface area (Å²) in [6.45, 7) is 2.15. The zero-order valence-corrected chi connectivity index (χ0v) is 14.0.